The average molecular weight is 465 g/mol. The van der Waals surface area contributed by atoms with Crippen molar-refractivity contribution in [2.45, 2.75) is 26.7 Å². The number of likely N-dealkylation sites (N-methyl/N-ethyl adjacent to an activating group) is 1. The Morgan fingerprint density at radius 1 is 1.21 bits per heavy atom. The molecule has 0 aliphatic heterocycles. The fourth-order valence-corrected chi connectivity index (χ4v) is 5.28. The van der Waals surface area contributed by atoms with Crippen LogP contribution in [0.3, 0.4) is 0 Å². The van der Waals surface area contributed by atoms with Crippen molar-refractivity contribution < 1.29 is 14.6 Å². The maximum absolute atomic E-state index is 12.6. The minimum Gasteiger partial charge on any atom is -0.496 e. The van der Waals surface area contributed by atoms with E-state index in [0.29, 0.717) is 11.2 Å². The second kappa shape index (κ2) is 8.90. The van der Waals surface area contributed by atoms with Crippen molar-refractivity contribution in [3.8, 4) is 16.9 Å². The summed E-state index contributed by atoms with van der Waals surface area (Å²) in [4.78, 5) is 28.3. The number of carbonyl (C=O) groups is 1. The third kappa shape index (κ3) is 4.09. The minimum atomic E-state index is -0.929. The summed E-state index contributed by atoms with van der Waals surface area (Å²) in [5.41, 5.74) is 4.69. The molecule has 7 heteroatoms. The van der Waals surface area contributed by atoms with Gasteiger partial charge in [-0.2, -0.15) is 0 Å². The number of pyridine rings is 1. The van der Waals surface area contributed by atoms with Gasteiger partial charge in [0.05, 0.1) is 12.6 Å². The zero-order valence-electron chi connectivity index (χ0n) is 19.4. The lowest BCUT2D eigenvalue weighted by Crippen LogP contribution is -2.31. The molecule has 33 heavy (non-hydrogen) atoms. The summed E-state index contributed by atoms with van der Waals surface area (Å²) < 4.78 is 6.48. The summed E-state index contributed by atoms with van der Waals surface area (Å²) in [5.74, 6) is 1.11. The molecule has 4 rings (SSSR count). The van der Waals surface area contributed by atoms with Gasteiger partial charge in [0.1, 0.15) is 10.4 Å². The van der Waals surface area contributed by atoms with E-state index in [2.05, 4.69) is 43.1 Å². The molecule has 0 aliphatic rings. The van der Waals surface area contributed by atoms with E-state index >= 15 is 0 Å². The van der Waals surface area contributed by atoms with Gasteiger partial charge in [-0.25, -0.2) is 4.79 Å². The van der Waals surface area contributed by atoms with Crippen molar-refractivity contribution in [3.05, 3.63) is 63.3 Å². The lowest BCUT2D eigenvalue weighted by molar-refractivity contribution is 0.150. The Labute approximate surface area is 196 Å². The topological polar surface area (TPSA) is 82.6 Å². The summed E-state index contributed by atoms with van der Waals surface area (Å²) in [6.07, 6.45) is -0.929. The monoisotopic (exact) mass is 464 g/mol. The van der Waals surface area contributed by atoms with E-state index < -0.39 is 6.09 Å². The van der Waals surface area contributed by atoms with Crippen LogP contribution in [0, 0.1) is 12.8 Å². The zero-order valence-corrected chi connectivity index (χ0v) is 20.2. The molecule has 2 aromatic heterocycles. The number of aromatic nitrogens is 1. The molecule has 2 heterocycles. The molecule has 172 valence electrons. The number of aromatic amines is 1. The van der Waals surface area contributed by atoms with E-state index in [4.69, 9.17) is 4.74 Å². The summed E-state index contributed by atoms with van der Waals surface area (Å²) >= 11 is 1.43. The molecule has 0 bridgehead atoms. The minimum absolute atomic E-state index is 0.0793. The van der Waals surface area contributed by atoms with E-state index in [1.54, 1.807) is 14.2 Å². The molecule has 6 nitrogen and oxygen atoms in total. The van der Waals surface area contributed by atoms with E-state index in [0.717, 1.165) is 44.3 Å². The predicted octanol–water partition coefficient (Wildman–Crippen LogP) is 6.08. The Kier molecular flexibility index (Phi) is 6.17. The molecule has 0 spiro atoms. The molecule has 0 saturated heterocycles. The van der Waals surface area contributed by atoms with Gasteiger partial charge in [0.25, 0.3) is 5.56 Å². The molecule has 0 radical (unpaired) electrons. The van der Waals surface area contributed by atoms with Gasteiger partial charge >= 0.3 is 6.09 Å². The maximum atomic E-state index is 12.6. The molecule has 0 saturated carbocycles. The summed E-state index contributed by atoms with van der Waals surface area (Å²) in [6.45, 7) is 6.61. The number of hydrogen-bond acceptors (Lipinski definition) is 4. The number of hydrogen-bond donors (Lipinski definition) is 2. The second-order valence-corrected chi connectivity index (χ2v) is 9.69. The number of carboxylic acid groups (broad SMARTS) is 1. The number of methoxy groups -OCH3 is 1. The van der Waals surface area contributed by atoms with E-state index in [1.165, 1.54) is 16.2 Å². The largest absolute Gasteiger partial charge is 0.496 e. The van der Waals surface area contributed by atoms with Gasteiger partial charge in [-0.3, -0.25) is 4.79 Å². The molecule has 4 aromatic rings. The number of ether oxygens (including phenoxy) is 1. The second-order valence-electron chi connectivity index (χ2n) is 8.77. The number of thiophene rings is 1. The number of rotatable bonds is 6. The van der Waals surface area contributed by atoms with Crippen LogP contribution in [-0.2, 0) is 0 Å². The number of amides is 1. The fourth-order valence-electron chi connectivity index (χ4n) is 4.49. The predicted molar refractivity (Wildman–Crippen MR) is 135 cm³/mol. The SMILES string of the molecule is COc1cc(C)c2[nH]c(=O)c3sccc3c2c1-c1ccc(C(CN(C)C(=O)O)C(C)C)cc1. The van der Waals surface area contributed by atoms with Gasteiger partial charge in [0.15, 0.2) is 0 Å². The first-order valence-corrected chi connectivity index (χ1v) is 11.8. The normalized spacial score (nSPS) is 12.4. The van der Waals surface area contributed by atoms with Crippen LogP contribution in [0.2, 0.25) is 0 Å². The molecule has 1 unspecified atom stereocenters. The van der Waals surface area contributed by atoms with Crippen molar-refractivity contribution in [1.29, 1.82) is 0 Å². The van der Waals surface area contributed by atoms with Crippen LogP contribution in [0.4, 0.5) is 4.79 Å². The lowest BCUT2D eigenvalue weighted by Gasteiger charge is -2.26. The first-order chi connectivity index (χ1) is 15.7. The zero-order chi connectivity index (χ0) is 23.9. The van der Waals surface area contributed by atoms with Crippen LogP contribution in [-0.4, -0.2) is 41.8 Å². The van der Waals surface area contributed by atoms with E-state index in [9.17, 15) is 14.7 Å². The Morgan fingerprint density at radius 3 is 2.52 bits per heavy atom. The van der Waals surface area contributed by atoms with Gasteiger partial charge in [0.2, 0.25) is 0 Å². The molecule has 2 aromatic carbocycles. The lowest BCUT2D eigenvalue weighted by atomic mass is 9.86. The molecular weight excluding hydrogens is 436 g/mol. The third-order valence-corrected chi connectivity index (χ3v) is 7.23. The first-order valence-electron chi connectivity index (χ1n) is 10.9. The van der Waals surface area contributed by atoms with Crippen LogP contribution in [0.25, 0.3) is 32.1 Å². The first kappa shape index (κ1) is 22.9. The van der Waals surface area contributed by atoms with Crippen LogP contribution < -0.4 is 10.3 Å². The highest BCUT2D eigenvalue weighted by atomic mass is 32.1. The Bertz CT molecular complexity index is 1390. The summed E-state index contributed by atoms with van der Waals surface area (Å²) in [6, 6.07) is 12.2. The van der Waals surface area contributed by atoms with Gasteiger partial charge in [-0.15, -0.1) is 11.3 Å². The summed E-state index contributed by atoms with van der Waals surface area (Å²) in [5, 5.41) is 13.1. The van der Waals surface area contributed by atoms with Gasteiger partial charge in [0, 0.05) is 35.8 Å². The number of benzene rings is 2. The number of nitrogens with one attached hydrogen (secondary N) is 1. The number of nitrogens with zero attached hydrogens (tertiary/aromatic N) is 1. The molecule has 0 fully saturated rings. The van der Waals surface area contributed by atoms with Crippen LogP contribution in [0.5, 0.6) is 5.75 Å². The van der Waals surface area contributed by atoms with Crippen molar-refractivity contribution in [1.82, 2.24) is 9.88 Å². The number of aryl methyl sites for hydroxylation is 1. The van der Waals surface area contributed by atoms with Crippen LogP contribution in [0.15, 0.2) is 46.6 Å². The van der Waals surface area contributed by atoms with Gasteiger partial charge in [-0.05, 0) is 47.0 Å². The van der Waals surface area contributed by atoms with Gasteiger partial charge in [-0.1, -0.05) is 38.1 Å². The Morgan fingerprint density at radius 2 is 1.91 bits per heavy atom. The van der Waals surface area contributed by atoms with E-state index in [1.807, 2.05) is 24.4 Å². The molecule has 2 N–H and O–H groups in total. The average Bonchev–Trinajstić information content (AvgIpc) is 3.28. The Hall–Kier alpha value is -3.32. The highest BCUT2D eigenvalue weighted by molar-refractivity contribution is 7.17. The quantitative estimate of drug-likeness (QED) is 0.362. The van der Waals surface area contributed by atoms with Crippen LogP contribution in [0.1, 0.15) is 30.9 Å². The smallest absolute Gasteiger partial charge is 0.407 e. The van der Waals surface area contributed by atoms with Crippen molar-refractivity contribution >= 4 is 38.4 Å². The fraction of sp³-hybridized carbons (Fsp3) is 0.308. The van der Waals surface area contributed by atoms with Gasteiger partial charge < -0.3 is 19.7 Å². The standard InChI is InChI=1S/C26H28N2O4S/c1-14(2)19(13-28(4)26(30)31)16-6-8-17(9-7-16)21-20(32-5)12-15(3)23-22(21)18-10-11-33-24(18)25(29)27-23/h6-12,14,19H,13H2,1-5H3,(H,27,29)(H,30,31). The highest BCUT2D eigenvalue weighted by Gasteiger charge is 2.22. The molecule has 1 atom stereocenters. The maximum Gasteiger partial charge on any atom is 0.407 e. The van der Waals surface area contributed by atoms with Crippen LogP contribution >= 0.6 is 11.3 Å². The molecule has 1 amide bonds. The van der Waals surface area contributed by atoms with E-state index in [-0.39, 0.29) is 17.4 Å². The van der Waals surface area contributed by atoms with Crippen molar-refractivity contribution in [2.24, 2.45) is 5.92 Å². The van der Waals surface area contributed by atoms with Crippen molar-refractivity contribution in [2.75, 3.05) is 20.7 Å². The van der Waals surface area contributed by atoms with Crippen molar-refractivity contribution in [3.63, 3.8) is 0 Å². The Balaban J connectivity index is 1.89. The molecular formula is C26H28N2O4S. The number of H-pyrrole nitrogens is 1. The molecule has 0 aliphatic carbocycles. The highest BCUT2D eigenvalue weighted by Crippen LogP contribution is 2.42. The summed E-state index contributed by atoms with van der Waals surface area (Å²) in [7, 11) is 3.26. The number of fused-ring (bicyclic) bond motifs is 3. The third-order valence-electron chi connectivity index (χ3n) is 6.32.